The molecule has 2 N–H and O–H groups in total. The van der Waals surface area contributed by atoms with E-state index in [2.05, 4.69) is 0 Å². The van der Waals surface area contributed by atoms with Crippen LogP contribution >= 0.6 is 0 Å². The Balaban J connectivity index is 0.000000316. The van der Waals surface area contributed by atoms with Gasteiger partial charge in [-0.1, -0.05) is 18.2 Å². The number of nitro benzene ring substituents is 1. The first kappa shape index (κ1) is 25.4. The summed E-state index contributed by atoms with van der Waals surface area (Å²) in [4.78, 5) is 30.1. The number of hydrogen-bond donors (Lipinski definition) is 2. The molecule has 7 nitrogen and oxygen atoms in total. The van der Waals surface area contributed by atoms with Crippen molar-refractivity contribution in [2.24, 2.45) is 0 Å². The molecular formula is C18H13F6NO6. The van der Waals surface area contributed by atoms with E-state index in [-0.39, 0.29) is 12.0 Å². The number of benzene rings is 2. The number of hydrogen-bond acceptors (Lipinski definition) is 4. The second-order valence-corrected chi connectivity index (χ2v) is 5.93. The summed E-state index contributed by atoms with van der Waals surface area (Å²) in [5, 5.41) is 27.4. The molecule has 0 spiro atoms. The molecule has 0 aliphatic rings. The molecule has 0 bridgehead atoms. The third-order valence-corrected chi connectivity index (χ3v) is 3.59. The molecule has 31 heavy (non-hydrogen) atoms. The third kappa shape index (κ3) is 8.32. The van der Waals surface area contributed by atoms with Gasteiger partial charge in [0.2, 0.25) is 0 Å². The summed E-state index contributed by atoms with van der Waals surface area (Å²) in [6.07, 6.45) is -10.0. The number of alkyl halides is 6. The van der Waals surface area contributed by atoms with E-state index in [1.54, 1.807) is 0 Å². The highest BCUT2D eigenvalue weighted by atomic mass is 19.4. The maximum Gasteiger partial charge on any atom is 0.416 e. The Morgan fingerprint density at radius 2 is 1.26 bits per heavy atom. The van der Waals surface area contributed by atoms with Gasteiger partial charge < -0.3 is 10.2 Å². The summed E-state index contributed by atoms with van der Waals surface area (Å²) < 4.78 is 73.1. The lowest BCUT2D eigenvalue weighted by Gasteiger charge is -2.07. The van der Waals surface area contributed by atoms with Gasteiger partial charge in [0.25, 0.3) is 5.69 Å². The van der Waals surface area contributed by atoms with Crippen LogP contribution in [0.3, 0.4) is 0 Å². The van der Waals surface area contributed by atoms with E-state index in [1.165, 1.54) is 0 Å². The van der Waals surface area contributed by atoms with E-state index < -0.39 is 52.4 Å². The van der Waals surface area contributed by atoms with E-state index >= 15 is 0 Å². The van der Waals surface area contributed by atoms with Crippen LogP contribution in [0.4, 0.5) is 32.0 Å². The van der Waals surface area contributed by atoms with Crippen LogP contribution in [0.5, 0.6) is 0 Å². The molecule has 0 saturated carbocycles. The van der Waals surface area contributed by atoms with Gasteiger partial charge in [0.15, 0.2) is 0 Å². The normalized spacial score (nSPS) is 11.3. The molecule has 0 aromatic heterocycles. The summed E-state index contributed by atoms with van der Waals surface area (Å²) in [7, 11) is 0. The van der Waals surface area contributed by atoms with Crippen molar-refractivity contribution in [1.29, 1.82) is 0 Å². The van der Waals surface area contributed by atoms with Crippen LogP contribution in [0, 0.1) is 10.1 Å². The molecule has 0 aliphatic heterocycles. The summed E-state index contributed by atoms with van der Waals surface area (Å²) in [5.41, 5.74) is -2.71. The smallest absolute Gasteiger partial charge is 0.416 e. The van der Waals surface area contributed by atoms with E-state index in [0.717, 1.165) is 30.3 Å². The molecule has 0 fully saturated rings. The van der Waals surface area contributed by atoms with Gasteiger partial charge >= 0.3 is 24.3 Å². The number of aliphatic carboxylic acids is 2. The molecule has 168 valence electrons. The first-order valence-electron chi connectivity index (χ1n) is 8.05. The van der Waals surface area contributed by atoms with Gasteiger partial charge in [-0.3, -0.25) is 19.7 Å². The van der Waals surface area contributed by atoms with Crippen molar-refractivity contribution in [3.8, 4) is 0 Å². The monoisotopic (exact) mass is 453 g/mol. The first-order valence-corrected chi connectivity index (χ1v) is 8.05. The standard InChI is InChI=1S/C9H6F3NO4.C9H7F3O2/c10-9(11,12)6-2-1-5(3-8(14)15)7(4-6)13(16)17;10-9(11,12)7-3-1-6(2-4-7)5-8(13)14/h1-2,4H,3H2,(H,14,15);1-4H,5H2,(H,13,14). The molecule has 0 atom stereocenters. The minimum Gasteiger partial charge on any atom is -0.481 e. The zero-order valence-corrected chi connectivity index (χ0v) is 15.2. The molecule has 0 amide bonds. The average Bonchev–Trinajstić information content (AvgIpc) is 2.60. The van der Waals surface area contributed by atoms with Crippen LogP contribution in [0.25, 0.3) is 0 Å². The number of nitro groups is 1. The molecule has 2 aromatic rings. The highest BCUT2D eigenvalue weighted by Gasteiger charge is 2.33. The Morgan fingerprint density at radius 1 is 0.806 bits per heavy atom. The minimum atomic E-state index is -4.70. The zero-order valence-electron chi connectivity index (χ0n) is 15.2. The SMILES string of the molecule is O=C(O)Cc1ccc(C(F)(F)F)cc1.O=C(O)Cc1ccc(C(F)(F)F)cc1[N+](=O)[O-]. The highest BCUT2D eigenvalue weighted by molar-refractivity contribution is 5.72. The van der Waals surface area contributed by atoms with Crippen molar-refractivity contribution >= 4 is 17.6 Å². The van der Waals surface area contributed by atoms with Crippen molar-refractivity contribution in [3.05, 3.63) is 74.8 Å². The van der Waals surface area contributed by atoms with Crippen LogP contribution in [-0.4, -0.2) is 27.1 Å². The molecule has 0 aliphatic carbocycles. The number of rotatable bonds is 5. The Labute approximate surface area is 169 Å². The Hall–Kier alpha value is -3.64. The highest BCUT2D eigenvalue weighted by Crippen LogP contribution is 2.33. The number of nitrogens with zero attached hydrogens (tertiary/aromatic N) is 1. The molecule has 0 heterocycles. The van der Waals surface area contributed by atoms with Crippen molar-refractivity contribution < 1.29 is 51.1 Å². The summed E-state index contributed by atoms with van der Waals surface area (Å²) in [6.45, 7) is 0. The topological polar surface area (TPSA) is 118 Å². The minimum absolute atomic E-state index is 0.266. The second kappa shape index (κ2) is 9.91. The quantitative estimate of drug-likeness (QED) is 0.389. The summed E-state index contributed by atoms with van der Waals surface area (Å²) in [5.74, 6) is -2.42. The van der Waals surface area contributed by atoms with Gasteiger partial charge in [-0.25, -0.2) is 0 Å². The maximum atomic E-state index is 12.3. The largest absolute Gasteiger partial charge is 0.481 e. The fraction of sp³-hybridized carbons (Fsp3) is 0.222. The lowest BCUT2D eigenvalue weighted by Crippen LogP contribution is -2.08. The molecule has 2 rings (SSSR count). The van der Waals surface area contributed by atoms with Crippen molar-refractivity contribution in [3.63, 3.8) is 0 Å². The van der Waals surface area contributed by atoms with Crippen molar-refractivity contribution in [2.45, 2.75) is 25.2 Å². The fourth-order valence-corrected chi connectivity index (χ4v) is 2.21. The number of halogens is 6. The van der Waals surface area contributed by atoms with Gasteiger partial charge in [-0.05, 0) is 23.8 Å². The Morgan fingerprint density at radius 3 is 1.65 bits per heavy atom. The second-order valence-electron chi connectivity index (χ2n) is 5.93. The van der Waals surface area contributed by atoms with E-state index in [1.807, 2.05) is 0 Å². The molecule has 2 aromatic carbocycles. The number of carboxylic acids is 2. The number of carboxylic acid groups (broad SMARTS) is 2. The lowest BCUT2D eigenvalue weighted by molar-refractivity contribution is -0.385. The molecule has 0 unspecified atom stereocenters. The lowest BCUT2D eigenvalue weighted by atomic mass is 10.1. The van der Waals surface area contributed by atoms with Crippen LogP contribution in [0.15, 0.2) is 42.5 Å². The average molecular weight is 453 g/mol. The predicted molar refractivity (Wildman–Crippen MR) is 92.2 cm³/mol. The maximum absolute atomic E-state index is 12.3. The van der Waals surface area contributed by atoms with Gasteiger partial charge in [0.1, 0.15) is 0 Å². The molecular weight excluding hydrogens is 440 g/mol. The number of carbonyl (C=O) groups is 2. The van der Waals surface area contributed by atoms with Crippen molar-refractivity contribution in [1.82, 2.24) is 0 Å². The Kier molecular flexibility index (Phi) is 8.12. The molecule has 13 heteroatoms. The van der Waals surface area contributed by atoms with Crippen LogP contribution in [0.2, 0.25) is 0 Å². The van der Waals surface area contributed by atoms with Crippen LogP contribution in [-0.2, 0) is 34.8 Å². The van der Waals surface area contributed by atoms with Crippen LogP contribution in [0.1, 0.15) is 22.3 Å². The summed E-state index contributed by atoms with van der Waals surface area (Å²) in [6, 6.07) is 5.82. The summed E-state index contributed by atoms with van der Waals surface area (Å²) >= 11 is 0. The zero-order chi connectivity index (χ0) is 24.0. The van der Waals surface area contributed by atoms with E-state index in [4.69, 9.17) is 10.2 Å². The predicted octanol–water partition coefficient (Wildman–Crippen LogP) is 4.57. The molecule has 0 saturated heterocycles. The van der Waals surface area contributed by atoms with Crippen LogP contribution < -0.4 is 0 Å². The van der Waals surface area contributed by atoms with E-state index in [9.17, 15) is 46.0 Å². The molecule has 0 radical (unpaired) electrons. The van der Waals surface area contributed by atoms with E-state index in [0.29, 0.717) is 17.7 Å². The van der Waals surface area contributed by atoms with Crippen molar-refractivity contribution in [2.75, 3.05) is 0 Å². The Bertz CT molecular complexity index is 953. The fourth-order valence-electron chi connectivity index (χ4n) is 2.21. The first-order chi connectivity index (χ1) is 14.1. The van der Waals surface area contributed by atoms with Gasteiger partial charge in [0.05, 0.1) is 28.9 Å². The van der Waals surface area contributed by atoms with Gasteiger partial charge in [-0.2, -0.15) is 26.3 Å². The third-order valence-electron chi connectivity index (χ3n) is 3.59. The van der Waals surface area contributed by atoms with Gasteiger partial charge in [-0.15, -0.1) is 0 Å². The van der Waals surface area contributed by atoms with Gasteiger partial charge in [0, 0.05) is 11.6 Å².